The molecule has 0 aliphatic carbocycles. The SMILES string of the molecule is NCCCOCCOCCOCCCNC(=O)[C@H](CCCCNC(=O)O)NC(=O)O. The lowest BCUT2D eigenvalue weighted by atomic mass is 10.1. The molecule has 1 atom stereocenters. The topological polar surface area (TPSA) is 181 Å². The number of amides is 3. The Hall–Kier alpha value is -2.15. The van der Waals surface area contributed by atoms with Gasteiger partial charge in [0.1, 0.15) is 6.04 Å². The molecule has 0 rings (SSSR count). The molecular formula is C18H36N4O8. The normalized spacial score (nSPS) is 11.6. The molecule has 0 radical (unpaired) electrons. The van der Waals surface area contributed by atoms with Crippen LogP contribution in [0.3, 0.4) is 0 Å². The quantitative estimate of drug-likeness (QED) is 0.143. The molecule has 12 nitrogen and oxygen atoms in total. The summed E-state index contributed by atoms with van der Waals surface area (Å²) in [6, 6.07) is -0.881. The Morgan fingerprint density at radius 2 is 1.30 bits per heavy atom. The molecule has 0 fully saturated rings. The molecule has 3 amide bonds. The molecule has 0 aliphatic rings. The Kier molecular flexibility index (Phi) is 18.7. The number of carbonyl (C=O) groups is 3. The summed E-state index contributed by atoms with van der Waals surface area (Å²) in [7, 11) is 0. The van der Waals surface area contributed by atoms with Gasteiger partial charge in [0, 0.05) is 26.3 Å². The first-order valence-corrected chi connectivity index (χ1v) is 10.1. The predicted molar refractivity (Wildman–Crippen MR) is 109 cm³/mol. The van der Waals surface area contributed by atoms with E-state index in [2.05, 4.69) is 16.0 Å². The van der Waals surface area contributed by atoms with Crippen molar-refractivity contribution in [3.63, 3.8) is 0 Å². The zero-order valence-electron chi connectivity index (χ0n) is 17.4. The van der Waals surface area contributed by atoms with Gasteiger partial charge in [-0.2, -0.15) is 0 Å². The van der Waals surface area contributed by atoms with Gasteiger partial charge in [0.2, 0.25) is 5.91 Å². The number of rotatable bonds is 20. The van der Waals surface area contributed by atoms with E-state index in [1.165, 1.54) is 0 Å². The van der Waals surface area contributed by atoms with Crippen LogP contribution in [0, 0.1) is 0 Å². The van der Waals surface area contributed by atoms with Crippen LogP contribution in [0.5, 0.6) is 0 Å². The summed E-state index contributed by atoms with van der Waals surface area (Å²) in [4.78, 5) is 33.3. The van der Waals surface area contributed by atoms with Crippen LogP contribution in [-0.4, -0.2) is 93.6 Å². The average Bonchev–Trinajstić information content (AvgIpc) is 2.69. The lowest BCUT2D eigenvalue weighted by Gasteiger charge is -2.16. The van der Waals surface area contributed by atoms with Crippen molar-refractivity contribution in [1.82, 2.24) is 16.0 Å². The lowest BCUT2D eigenvalue weighted by Crippen LogP contribution is -2.46. The van der Waals surface area contributed by atoms with E-state index in [0.29, 0.717) is 72.0 Å². The molecule has 0 saturated heterocycles. The van der Waals surface area contributed by atoms with E-state index in [1.54, 1.807) is 0 Å². The first-order chi connectivity index (χ1) is 14.5. The molecule has 12 heteroatoms. The Morgan fingerprint density at radius 1 is 0.733 bits per heavy atom. The van der Waals surface area contributed by atoms with Crippen LogP contribution >= 0.6 is 0 Å². The zero-order valence-corrected chi connectivity index (χ0v) is 17.4. The van der Waals surface area contributed by atoms with Crippen LogP contribution in [0.4, 0.5) is 9.59 Å². The Bertz CT molecular complexity index is 467. The highest BCUT2D eigenvalue weighted by molar-refractivity contribution is 5.85. The third-order valence-corrected chi connectivity index (χ3v) is 3.81. The van der Waals surface area contributed by atoms with Gasteiger partial charge < -0.3 is 46.1 Å². The third kappa shape index (κ3) is 19.2. The molecule has 30 heavy (non-hydrogen) atoms. The van der Waals surface area contributed by atoms with Crippen LogP contribution in [0.25, 0.3) is 0 Å². The zero-order chi connectivity index (χ0) is 22.5. The second-order valence-electron chi connectivity index (χ2n) is 6.35. The largest absolute Gasteiger partial charge is 0.465 e. The minimum atomic E-state index is -1.29. The molecule has 176 valence electrons. The van der Waals surface area contributed by atoms with Gasteiger partial charge in [-0.25, -0.2) is 9.59 Å². The number of carboxylic acid groups (broad SMARTS) is 2. The van der Waals surface area contributed by atoms with Crippen LogP contribution in [-0.2, 0) is 19.0 Å². The van der Waals surface area contributed by atoms with Crippen molar-refractivity contribution in [2.24, 2.45) is 5.73 Å². The summed E-state index contributed by atoms with van der Waals surface area (Å²) in [6.07, 6.45) is 0.296. The maximum absolute atomic E-state index is 12.1. The van der Waals surface area contributed by atoms with Crippen LogP contribution in [0.15, 0.2) is 0 Å². The number of unbranched alkanes of at least 4 members (excludes halogenated alkanes) is 1. The summed E-state index contributed by atoms with van der Waals surface area (Å²) in [5.74, 6) is -0.415. The first kappa shape index (κ1) is 27.8. The molecule has 0 heterocycles. The summed E-state index contributed by atoms with van der Waals surface area (Å²) in [5.41, 5.74) is 5.35. The minimum Gasteiger partial charge on any atom is -0.465 e. The third-order valence-electron chi connectivity index (χ3n) is 3.81. The van der Waals surface area contributed by atoms with Crippen LogP contribution < -0.4 is 21.7 Å². The van der Waals surface area contributed by atoms with E-state index in [4.69, 9.17) is 30.2 Å². The molecule has 0 aromatic carbocycles. The van der Waals surface area contributed by atoms with E-state index < -0.39 is 24.1 Å². The van der Waals surface area contributed by atoms with E-state index in [9.17, 15) is 14.4 Å². The molecule has 0 aromatic rings. The Balaban J connectivity index is 3.70. The summed E-state index contributed by atoms with van der Waals surface area (Å²) in [6.45, 7) is 4.19. The molecule has 7 N–H and O–H groups in total. The van der Waals surface area contributed by atoms with Crippen molar-refractivity contribution in [2.75, 3.05) is 59.3 Å². The highest BCUT2D eigenvalue weighted by atomic mass is 16.5. The number of nitrogens with one attached hydrogen (secondary N) is 3. The standard InChI is InChI=1S/C18H36N4O8/c19-6-3-9-28-11-13-30-14-12-29-10-4-8-20-16(23)15(22-18(26)27)5-1-2-7-21-17(24)25/h15,21-22H,1-14,19H2,(H,20,23)(H,24,25)(H,26,27)/t15-/m0/s1. The highest BCUT2D eigenvalue weighted by Gasteiger charge is 2.19. The number of hydrogen-bond donors (Lipinski definition) is 6. The molecule has 0 unspecified atom stereocenters. The second kappa shape index (κ2) is 20.1. The van der Waals surface area contributed by atoms with Crippen molar-refractivity contribution in [3.8, 4) is 0 Å². The number of carbonyl (C=O) groups excluding carboxylic acids is 1. The fraction of sp³-hybridized carbons (Fsp3) is 0.833. The van der Waals surface area contributed by atoms with Crippen molar-refractivity contribution in [3.05, 3.63) is 0 Å². The van der Waals surface area contributed by atoms with Gasteiger partial charge in [0.25, 0.3) is 0 Å². The first-order valence-electron chi connectivity index (χ1n) is 10.1. The maximum atomic E-state index is 12.1. The van der Waals surface area contributed by atoms with Gasteiger partial charge >= 0.3 is 12.2 Å². The smallest absolute Gasteiger partial charge is 0.405 e. The Labute approximate surface area is 176 Å². The molecule has 0 aromatic heterocycles. The van der Waals surface area contributed by atoms with Gasteiger partial charge in [0.05, 0.1) is 26.4 Å². The highest BCUT2D eigenvalue weighted by Crippen LogP contribution is 2.01. The van der Waals surface area contributed by atoms with E-state index in [0.717, 1.165) is 6.42 Å². The Morgan fingerprint density at radius 3 is 1.87 bits per heavy atom. The van der Waals surface area contributed by atoms with Crippen molar-refractivity contribution in [1.29, 1.82) is 0 Å². The fourth-order valence-corrected chi connectivity index (χ4v) is 2.32. The predicted octanol–water partition coefficient (Wildman–Crippen LogP) is -0.0346. The van der Waals surface area contributed by atoms with Gasteiger partial charge in [0.15, 0.2) is 0 Å². The van der Waals surface area contributed by atoms with E-state index in [-0.39, 0.29) is 13.0 Å². The van der Waals surface area contributed by atoms with E-state index >= 15 is 0 Å². The summed E-state index contributed by atoms with van der Waals surface area (Å²) >= 11 is 0. The number of ether oxygens (including phenoxy) is 3. The summed E-state index contributed by atoms with van der Waals surface area (Å²) < 4.78 is 16.0. The van der Waals surface area contributed by atoms with Gasteiger partial charge in [-0.1, -0.05) is 0 Å². The van der Waals surface area contributed by atoms with Crippen molar-refractivity contribution >= 4 is 18.1 Å². The molecular weight excluding hydrogens is 400 g/mol. The van der Waals surface area contributed by atoms with E-state index in [1.807, 2.05) is 0 Å². The van der Waals surface area contributed by atoms with Crippen LogP contribution in [0.1, 0.15) is 32.1 Å². The molecule has 0 bridgehead atoms. The minimum absolute atomic E-state index is 0.249. The van der Waals surface area contributed by atoms with Gasteiger partial charge in [-0.05, 0) is 38.6 Å². The van der Waals surface area contributed by atoms with Crippen molar-refractivity contribution in [2.45, 2.75) is 38.1 Å². The molecule has 0 aliphatic heterocycles. The fourth-order valence-electron chi connectivity index (χ4n) is 2.32. The second-order valence-corrected chi connectivity index (χ2v) is 6.35. The number of hydrogen-bond acceptors (Lipinski definition) is 7. The number of nitrogens with two attached hydrogens (primary N) is 1. The van der Waals surface area contributed by atoms with Gasteiger partial charge in [-0.3, -0.25) is 4.79 Å². The monoisotopic (exact) mass is 436 g/mol. The summed E-state index contributed by atoms with van der Waals surface area (Å²) in [5, 5.41) is 24.4. The maximum Gasteiger partial charge on any atom is 0.405 e. The average molecular weight is 437 g/mol. The van der Waals surface area contributed by atoms with Crippen molar-refractivity contribution < 1.29 is 38.8 Å². The lowest BCUT2D eigenvalue weighted by molar-refractivity contribution is -0.123. The molecule has 0 spiro atoms. The van der Waals surface area contributed by atoms with Gasteiger partial charge in [-0.15, -0.1) is 0 Å². The van der Waals surface area contributed by atoms with Crippen LogP contribution in [0.2, 0.25) is 0 Å². The molecule has 0 saturated carbocycles.